The van der Waals surface area contributed by atoms with E-state index >= 15 is 0 Å². The SMILES string of the molecule is COc1ccc(Cc2nc(C3CNCCO3)n(C3CCN(C)CC3)n2)cc1. The summed E-state index contributed by atoms with van der Waals surface area (Å²) in [6, 6.07) is 8.52. The third-order valence-electron chi connectivity index (χ3n) is 5.47. The summed E-state index contributed by atoms with van der Waals surface area (Å²) in [6.45, 7) is 4.62. The smallest absolute Gasteiger partial charge is 0.157 e. The van der Waals surface area contributed by atoms with Crippen molar-refractivity contribution in [1.82, 2.24) is 25.0 Å². The molecule has 1 atom stereocenters. The molecule has 1 aromatic heterocycles. The molecule has 1 N–H and O–H groups in total. The first-order valence-electron chi connectivity index (χ1n) is 9.82. The van der Waals surface area contributed by atoms with Gasteiger partial charge in [0.25, 0.3) is 0 Å². The van der Waals surface area contributed by atoms with Gasteiger partial charge in [0, 0.05) is 19.5 Å². The van der Waals surface area contributed by atoms with E-state index in [1.165, 1.54) is 5.56 Å². The fraction of sp³-hybridized carbons (Fsp3) is 0.600. The van der Waals surface area contributed by atoms with Gasteiger partial charge in [0.2, 0.25) is 0 Å². The molecule has 2 aliphatic rings. The number of methoxy groups -OCH3 is 1. The molecule has 4 rings (SSSR count). The van der Waals surface area contributed by atoms with Crippen molar-refractivity contribution >= 4 is 0 Å². The second-order valence-electron chi connectivity index (χ2n) is 7.45. The average molecular weight is 371 g/mol. The Hall–Kier alpha value is -1.96. The van der Waals surface area contributed by atoms with Gasteiger partial charge in [0.05, 0.1) is 19.8 Å². The summed E-state index contributed by atoms with van der Waals surface area (Å²) in [5.74, 6) is 2.70. The Morgan fingerprint density at radius 1 is 1.22 bits per heavy atom. The van der Waals surface area contributed by atoms with Crippen LogP contribution in [-0.4, -0.2) is 66.6 Å². The second kappa shape index (κ2) is 8.37. The van der Waals surface area contributed by atoms with Gasteiger partial charge in [-0.05, 0) is 50.7 Å². The number of piperidine rings is 1. The lowest BCUT2D eigenvalue weighted by atomic mass is 10.1. The Morgan fingerprint density at radius 2 is 2.00 bits per heavy atom. The summed E-state index contributed by atoms with van der Waals surface area (Å²) in [4.78, 5) is 7.29. The number of likely N-dealkylation sites (tertiary alicyclic amines) is 1. The zero-order chi connectivity index (χ0) is 18.6. The fourth-order valence-corrected chi connectivity index (χ4v) is 3.84. The number of hydrogen-bond donors (Lipinski definition) is 1. The van der Waals surface area contributed by atoms with Crippen LogP contribution in [0.1, 0.15) is 42.2 Å². The predicted octanol–water partition coefficient (Wildman–Crippen LogP) is 1.81. The molecule has 0 amide bonds. The van der Waals surface area contributed by atoms with Crippen molar-refractivity contribution in [2.75, 3.05) is 46.9 Å². The third kappa shape index (κ3) is 4.31. The van der Waals surface area contributed by atoms with E-state index in [9.17, 15) is 0 Å². The Morgan fingerprint density at radius 3 is 2.67 bits per heavy atom. The summed E-state index contributed by atoms with van der Waals surface area (Å²) in [6.07, 6.45) is 2.91. The molecular weight excluding hydrogens is 342 g/mol. The van der Waals surface area contributed by atoms with Gasteiger partial charge in [-0.2, -0.15) is 5.10 Å². The lowest BCUT2D eigenvalue weighted by Crippen LogP contribution is -2.37. The molecule has 0 radical (unpaired) electrons. The maximum atomic E-state index is 6.00. The molecule has 2 fully saturated rings. The van der Waals surface area contributed by atoms with E-state index < -0.39 is 0 Å². The summed E-state index contributed by atoms with van der Waals surface area (Å²) < 4.78 is 13.4. The molecule has 2 saturated heterocycles. The number of benzene rings is 1. The maximum absolute atomic E-state index is 6.00. The molecule has 27 heavy (non-hydrogen) atoms. The quantitative estimate of drug-likeness (QED) is 0.865. The first kappa shape index (κ1) is 18.4. The van der Waals surface area contributed by atoms with Crippen LogP contribution in [0.4, 0.5) is 0 Å². The molecule has 0 bridgehead atoms. The molecule has 146 valence electrons. The minimum absolute atomic E-state index is 0.0180. The van der Waals surface area contributed by atoms with Crippen LogP contribution in [0, 0.1) is 0 Å². The number of ether oxygens (including phenoxy) is 2. The number of aromatic nitrogens is 3. The van der Waals surface area contributed by atoms with E-state index in [-0.39, 0.29) is 6.10 Å². The molecule has 2 aliphatic heterocycles. The Kier molecular flexibility index (Phi) is 5.71. The third-order valence-corrected chi connectivity index (χ3v) is 5.47. The fourth-order valence-electron chi connectivity index (χ4n) is 3.84. The minimum atomic E-state index is -0.0180. The van der Waals surface area contributed by atoms with Gasteiger partial charge in [-0.15, -0.1) is 0 Å². The van der Waals surface area contributed by atoms with Crippen molar-refractivity contribution in [3.05, 3.63) is 41.5 Å². The number of nitrogens with one attached hydrogen (secondary N) is 1. The van der Waals surface area contributed by atoms with Crippen LogP contribution < -0.4 is 10.1 Å². The van der Waals surface area contributed by atoms with Crippen molar-refractivity contribution in [3.63, 3.8) is 0 Å². The van der Waals surface area contributed by atoms with Crippen molar-refractivity contribution in [2.45, 2.75) is 31.4 Å². The minimum Gasteiger partial charge on any atom is -0.497 e. The van der Waals surface area contributed by atoms with Crippen LogP contribution in [0.25, 0.3) is 0 Å². The predicted molar refractivity (Wildman–Crippen MR) is 103 cm³/mol. The molecule has 1 aromatic carbocycles. The molecular formula is C20H29N5O2. The summed E-state index contributed by atoms with van der Waals surface area (Å²) in [5.41, 5.74) is 1.19. The highest BCUT2D eigenvalue weighted by Crippen LogP contribution is 2.27. The van der Waals surface area contributed by atoms with E-state index in [4.69, 9.17) is 19.6 Å². The highest BCUT2D eigenvalue weighted by atomic mass is 16.5. The van der Waals surface area contributed by atoms with Gasteiger partial charge in [-0.3, -0.25) is 0 Å². The summed E-state index contributed by atoms with van der Waals surface area (Å²) in [7, 11) is 3.87. The van der Waals surface area contributed by atoms with Gasteiger partial charge in [-0.1, -0.05) is 12.1 Å². The highest BCUT2D eigenvalue weighted by molar-refractivity contribution is 5.28. The normalized spacial score (nSPS) is 22.1. The molecule has 7 nitrogen and oxygen atoms in total. The average Bonchev–Trinajstić information content (AvgIpc) is 3.13. The molecule has 3 heterocycles. The van der Waals surface area contributed by atoms with Gasteiger partial charge in [0.1, 0.15) is 11.9 Å². The van der Waals surface area contributed by atoms with Crippen LogP contribution in [0.2, 0.25) is 0 Å². The Labute approximate surface area is 160 Å². The zero-order valence-corrected chi connectivity index (χ0v) is 16.2. The van der Waals surface area contributed by atoms with Gasteiger partial charge in [0.15, 0.2) is 11.6 Å². The molecule has 1 unspecified atom stereocenters. The monoisotopic (exact) mass is 371 g/mol. The van der Waals surface area contributed by atoms with Crippen LogP contribution in [-0.2, 0) is 11.2 Å². The number of morpholine rings is 1. The van der Waals surface area contributed by atoms with E-state index in [0.29, 0.717) is 6.04 Å². The number of nitrogens with zero attached hydrogens (tertiary/aromatic N) is 4. The number of hydrogen-bond acceptors (Lipinski definition) is 6. The van der Waals surface area contributed by atoms with Crippen molar-refractivity contribution in [2.24, 2.45) is 0 Å². The Bertz CT molecular complexity index is 731. The molecule has 0 spiro atoms. The van der Waals surface area contributed by atoms with Crippen LogP contribution in [0.3, 0.4) is 0 Å². The first-order valence-corrected chi connectivity index (χ1v) is 9.82. The summed E-state index contributed by atoms with van der Waals surface area (Å²) >= 11 is 0. The Balaban J connectivity index is 1.57. The maximum Gasteiger partial charge on any atom is 0.157 e. The topological polar surface area (TPSA) is 64.4 Å². The standard InChI is InChI=1S/C20H29N5O2/c1-24-10-7-16(8-11-24)25-20(18-14-21-9-12-27-18)22-19(23-25)13-15-3-5-17(26-2)6-4-15/h3-6,16,18,21H,7-14H2,1-2H3. The number of rotatable bonds is 5. The highest BCUT2D eigenvalue weighted by Gasteiger charge is 2.28. The van der Waals surface area contributed by atoms with E-state index in [2.05, 4.69) is 34.1 Å². The van der Waals surface area contributed by atoms with Crippen molar-refractivity contribution in [1.29, 1.82) is 0 Å². The van der Waals surface area contributed by atoms with E-state index in [1.807, 2.05) is 12.1 Å². The molecule has 0 saturated carbocycles. The van der Waals surface area contributed by atoms with E-state index in [0.717, 1.165) is 69.4 Å². The summed E-state index contributed by atoms with van der Waals surface area (Å²) in [5, 5.41) is 8.33. The van der Waals surface area contributed by atoms with Crippen molar-refractivity contribution < 1.29 is 9.47 Å². The van der Waals surface area contributed by atoms with Gasteiger partial charge in [-0.25, -0.2) is 9.67 Å². The van der Waals surface area contributed by atoms with Gasteiger partial charge < -0.3 is 19.7 Å². The second-order valence-corrected chi connectivity index (χ2v) is 7.45. The van der Waals surface area contributed by atoms with Crippen LogP contribution in [0.5, 0.6) is 5.75 Å². The first-order chi connectivity index (χ1) is 13.2. The lowest BCUT2D eigenvalue weighted by Gasteiger charge is -2.31. The zero-order valence-electron chi connectivity index (χ0n) is 16.2. The lowest BCUT2D eigenvalue weighted by molar-refractivity contribution is 0.0171. The molecule has 7 heteroatoms. The van der Waals surface area contributed by atoms with Crippen LogP contribution in [0.15, 0.2) is 24.3 Å². The van der Waals surface area contributed by atoms with E-state index in [1.54, 1.807) is 7.11 Å². The van der Waals surface area contributed by atoms with Gasteiger partial charge >= 0.3 is 0 Å². The largest absolute Gasteiger partial charge is 0.497 e. The van der Waals surface area contributed by atoms with Crippen LogP contribution >= 0.6 is 0 Å². The molecule has 2 aromatic rings. The molecule has 0 aliphatic carbocycles. The van der Waals surface area contributed by atoms with Crippen molar-refractivity contribution in [3.8, 4) is 5.75 Å².